The topological polar surface area (TPSA) is 76.6 Å². The first-order valence-corrected chi connectivity index (χ1v) is 12.5. The van der Waals surface area contributed by atoms with Crippen molar-refractivity contribution in [2.24, 2.45) is 0 Å². The first-order valence-electron chi connectivity index (χ1n) is 11.5. The average Bonchev–Trinajstić information content (AvgIpc) is 3.53. The Labute approximate surface area is 208 Å². The molecular formula is C26H27N5O3S. The SMILES string of the molecule is COc1ccccc1N1CCN(C(=O)CSc2nnc(-c3ccoc3C)n2-c2ccccc2)CC1. The van der Waals surface area contributed by atoms with E-state index < -0.39 is 0 Å². The van der Waals surface area contributed by atoms with Crippen LogP contribution >= 0.6 is 11.8 Å². The summed E-state index contributed by atoms with van der Waals surface area (Å²) < 4.78 is 13.0. The number of methoxy groups -OCH3 is 1. The van der Waals surface area contributed by atoms with E-state index in [0.717, 1.165) is 41.5 Å². The van der Waals surface area contributed by atoms with Gasteiger partial charge >= 0.3 is 0 Å². The molecule has 35 heavy (non-hydrogen) atoms. The van der Waals surface area contributed by atoms with Crippen molar-refractivity contribution in [3.05, 3.63) is 72.7 Å². The highest BCUT2D eigenvalue weighted by atomic mass is 32.2. The number of aryl methyl sites for hydroxylation is 1. The predicted molar refractivity (Wildman–Crippen MR) is 136 cm³/mol. The number of aromatic nitrogens is 3. The Bertz CT molecular complexity index is 1300. The number of amides is 1. The zero-order chi connectivity index (χ0) is 24.2. The first-order chi connectivity index (χ1) is 17.2. The number of carbonyl (C=O) groups excluding carboxylic acids is 1. The molecule has 1 aliphatic rings. The van der Waals surface area contributed by atoms with Gasteiger partial charge in [0.15, 0.2) is 11.0 Å². The van der Waals surface area contributed by atoms with Crippen LogP contribution in [0.5, 0.6) is 5.75 Å². The van der Waals surface area contributed by atoms with Gasteiger partial charge in [0, 0.05) is 31.9 Å². The van der Waals surface area contributed by atoms with Gasteiger partial charge in [0.2, 0.25) is 5.91 Å². The van der Waals surface area contributed by atoms with Crippen LogP contribution in [0.3, 0.4) is 0 Å². The van der Waals surface area contributed by atoms with Gasteiger partial charge in [-0.1, -0.05) is 42.1 Å². The molecule has 2 aromatic heterocycles. The minimum atomic E-state index is 0.0957. The van der Waals surface area contributed by atoms with Crippen molar-refractivity contribution >= 4 is 23.4 Å². The van der Waals surface area contributed by atoms with Gasteiger partial charge in [-0.3, -0.25) is 9.36 Å². The number of anilines is 1. The van der Waals surface area contributed by atoms with Gasteiger partial charge in [-0.25, -0.2) is 0 Å². The molecule has 5 rings (SSSR count). The lowest BCUT2D eigenvalue weighted by Gasteiger charge is -2.36. The van der Waals surface area contributed by atoms with Gasteiger partial charge in [-0.2, -0.15) is 0 Å². The van der Waals surface area contributed by atoms with Gasteiger partial charge in [0.05, 0.1) is 30.4 Å². The molecule has 2 aromatic carbocycles. The second kappa shape index (κ2) is 10.3. The first kappa shape index (κ1) is 23.0. The summed E-state index contributed by atoms with van der Waals surface area (Å²) in [7, 11) is 1.68. The lowest BCUT2D eigenvalue weighted by atomic mass is 10.2. The second-order valence-corrected chi connectivity index (χ2v) is 9.14. The lowest BCUT2D eigenvalue weighted by Crippen LogP contribution is -2.49. The van der Waals surface area contributed by atoms with Crippen molar-refractivity contribution in [3.8, 4) is 22.8 Å². The maximum atomic E-state index is 13.1. The number of piperazine rings is 1. The minimum absolute atomic E-state index is 0.0957. The standard InChI is InChI=1S/C26H27N5O3S/c1-19-21(12-17-34-19)25-27-28-26(31(25)20-8-4-3-5-9-20)35-18-24(32)30-15-13-29(14-16-30)22-10-6-7-11-23(22)33-2/h3-12,17H,13-16,18H2,1-2H3. The number of hydrogen-bond acceptors (Lipinski definition) is 7. The van der Waals surface area contributed by atoms with Gasteiger partial charge < -0.3 is 19.0 Å². The molecule has 0 atom stereocenters. The third-order valence-electron chi connectivity index (χ3n) is 6.13. The molecule has 4 aromatic rings. The Morgan fingerprint density at radius 3 is 2.46 bits per heavy atom. The largest absolute Gasteiger partial charge is 0.495 e. The number of carbonyl (C=O) groups is 1. The molecule has 0 unspecified atom stereocenters. The third-order valence-corrected chi connectivity index (χ3v) is 7.04. The van der Waals surface area contributed by atoms with E-state index in [0.29, 0.717) is 29.8 Å². The Balaban J connectivity index is 1.28. The lowest BCUT2D eigenvalue weighted by molar-refractivity contribution is -0.128. The van der Waals surface area contributed by atoms with Crippen molar-refractivity contribution in [2.45, 2.75) is 12.1 Å². The third kappa shape index (κ3) is 4.77. The van der Waals surface area contributed by atoms with Crippen LogP contribution in [-0.2, 0) is 4.79 Å². The Morgan fingerprint density at radius 1 is 1.00 bits per heavy atom. The summed E-state index contributed by atoms with van der Waals surface area (Å²) in [6.45, 7) is 4.77. The number of benzene rings is 2. The van der Waals surface area contributed by atoms with E-state index in [1.807, 2.05) is 71.0 Å². The zero-order valence-corrected chi connectivity index (χ0v) is 20.6. The summed E-state index contributed by atoms with van der Waals surface area (Å²) >= 11 is 1.40. The van der Waals surface area contributed by atoms with Crippen molar-refractivity contribution in [1.29, 1.82) is 0 Å². The summed E-state index contributed by atoms with van der Waals surface area (Å²) in [4.78, 5) is 17.2. The molecule has 0 spiro atoms. The molecule has 0 N–H and O–H groups in total. The highest BCUT2D eigenvalue weighted by Crippen LogP contribution is 2.31. The summed E-state index contributed by atoms with van der Waals surface area (Å²) in [5.74, 6) is 2.72. The highest BCUT2D eigenvalue weighted by molar-refractivity contribution is 7.99. The maximum absolute atomic E-state index is 13.1. The van der Waals surface area contributed by atoms with E-state index in [1.54, 1.807) is 13.4 Å². The molecule has 3 heterocycles. The Morgan fingerprint density at radius 2 is 1.74 bits per heavy atom. The number of hydrogen-bond donors (Lipinski definition) is 0. The van der Waals surface area contributed by atoms with Crippen LogP contribution in [0.15, 0.2) is 76.5 Å². The Kier molecular flexibility index (Phi) is 6.76. The van der Waals surface area contributed by atoms with Crippen LogP contribution in [0, 0.1) is 6.92 Å². The maximum Gasteiger partial charge on any atom is 0.233 e. The monoisotopic (exact) mass is 489 g/mol. The molecule has 8 nitrogen and oxygen atoms in total. The van der Waals surface area contributed by atoms with Crippen LogP contribution in [0.1, 0.15) is 5.76 Å². The van der Waals surface area contributed by atoms with Crippen molar-refractivity contribution < 1.29 is 13.9 Å². The fourth-order valence-electron chi connectivity index (χ4n) is 4.27. The van der Waals surface area contributed by atoms with Gasteiger partial charge in [0.25, 0.3) is 0 Å². The fraction of sp³-hybridized carbons (Fsp3) is 0.269. The summed E-state index contributed by atoms with van der Waals surface area (Å²) in [5.41, 5.74) is 2.88. The molecule has 0 bridgehead atoms. The average molecular weight is 490 g/mol. The molecule has 1 saturated heterocycles. The molecule has 0 saturated carbocycles. The minimum Gasteiger partial charge on any atom is -0.495 e. The molecule has 0 radical (unpaired) electrons. The van der Waals surface area contributed by atoms with Gasteiger partial charge in [0.1, 0.15) is 11.5 Å². The van der Waals surface area contributed by atoms with Crippen molar-refractivity contribution in [1.82, 2.24) is 19.7 Å². The van der Waals surface area contributed by atoms with E-state index in [9.17, 15) is 4.79 Å². The summed E-state index contributed by atoms with van der Waals surface area (Å²) in [6.07, 6.45) is 1.65. The van der Waals surface area contributed by atoms with Crippen LogP contribution in [0.4, 0.5) is 5.69 Å². The molecule has 180 valence electrons. The van der Waals surface area contributed by atoms with E-state index in [-0.39, 0.29) is 5.91 Å². The van der Waals surface area contributed by atoms with Crippen LogP contribution in [0.25, 0.3) is 17.1 Å². The number of ether oxygens (including phenoxy) is 1. The molecular weight excluding hydrogens is 462 g/mol. The number of para-hydroxylation sites is 3. The van der Waals surface area contributed by atoms with Gasteiger partial charge in [-0.05, 0) is 37.3 Å². The second-order valence-electron chi connectivity index (χ2n) is 8.20. The van der Waals surface area contributed by atoms with Crippen molar-refractivity contribution in [3.63, 3.8) is 0 Å². The molecule has 1 fully saturated rings. The molecule has 9 heteroatoms. The number of rotatable bonds is 7. The summed E-state index contributed by atoms with van der Waals surface area (Å²) in [5, 5.41) is 9.53. The van der Waals surface area contributed by atoms with E-state index in [4.69, 9.17) is 9.15 Å². The zero-order valence-electron chi connectivity index (χ0n) is 19.8. The van der Waals surface area contributed by atoms with Crippen LogP contribution in [-0.4, -0.2) is 64.6 Å². The van der Waals surface area contributed by atoms with Gasteiger partial charge in [-0.15, -0.1) is 10.2 Å². The molecule has 1 amide bonds. The molecule has 1 aliphatic heterocycles. The van der Waals surface area contributed by atoms with Crippen LogP contribution < -0.4 is 9.64 Å². The number of nitrogens with zero attached hydrogens (tertiary/aromatic N) is 5. The number of thioether (sulfide) groups is 1. The smallest absolute Gasteiger partial charge is 0.233 e. The molecule has 0 aliphatic carbocycles. The van der Waals surface area contributed by atoms with Crippen LogP contribution in [0.2, 0.25) is 0 Å². The predicted octanol–water partition coefficient (Wildman–Crippen LogP) is 4.29. The van der Waals surface area contributed by atoms with E-state index in [2.05, 4.69) is 21.2 Å². The normalized spacial score (nSPS) is 13.8. The Hall–Kier alpha value is -3.72. The van der Waals surface area contributed by atoms with E-state index in [1.165, 1.54) is 11.8 Å². The van der Waals surface area contributed by atoms with E-state index >= 15 is 0 Å². The highest BCUT2D eigenvalue weighted by Gasteiger charge is 2.24. The van der Waals surface area contributed by atoms with Crippen molar-refractivity contribution in [2.75, 3.05) is 43.9 Å². The fourth-order valence-corrected chi connectivity index (χ4v) is 5.12. The summed E-state index contributed by atoms with van der Waals surface area (Å²) in [6, 6.07) is 19.8. The quantitative estimate of drug-likeness (QED) is 0.359. The number of furan rings is 1.